The molecule has 0 bridgehead atoms. The van der Waals surface area contributed by atoms with Crippen molar-refractivity contribution in [3.63, 3.8) is 0 Å². The second kappa shape index (κ2) is 10.8. The Morgan fingerprint density at radius 1 is 1.06 bits per heavy atom. The minimum absolute atomic E-state index is 0.0199. The van der Waals surface area contributed by atoms with Crippen LogP contribution in [-0.2, 0) is 17.8 Å². The lowest BCUT2D eigenvalue weighted by molar-refractivity contribution is -0.115. The number of hydrogen-bond donors (Lipinski definition) is 1. The topological polar surface area (TPSA) is 103 Å². The van der Waals surface area contributed by atoms with Crippen molar-refractivity contribution in [2.24, 2.45) is 5.92 Å². The fraction of sp³-hybridized carbons (Fsp3) is 0.519. The van der Waals surface area contributed by atoms with E-state index in [9.17, 15) is 9.59 Å². The van der Waals surface area contributed by atoms with Gasteiger partial charge in [0, 0.05) is 65.0 Å². The van der Waals surface area contributed by atoms with Crippen molar-refractivity contribution in [2.45, 2.75) is 39.2 Å². The second-order valence-electron chi connectivity index (χ2n) is 10.1. The van der Waals surface area contributed by atoms with Crippen LogP contribution >= 0.6 is 0 Å². The molecule has 2 fully saturated rings. The maximum atomic E-state index is 12.3. The number of carboxylic acid groups (broad SMARTS) is 1. The first-order valence-electron chi connectivity index (χ1n) is 13.0. The first-order chi connectivity index (χ1) is 17.5. The molecule has 9 nitrogen and oxygen atoms in total. The predicted molar refractivity (Wildman–Crippen MR) is 137 cm³/mol. The Balaban J connectivity index is 1.06. The maximum Gasteiger partial charge on any atom is 0.356 e. The lowest BCUT2D eigenvalue weighted by atomic mass is 9.92. The van der Waals surface area contributed by atoms with Crippen molar-refractivity contribution in [1.82, 2.24) is 25.0 Å². The normalized spacial score (nSPS) is 19.8. The molecule has 190 valence electrons. The third-order valence-electron chi connectivity index (χ3n) is 7.65. The number of ketones is 1. The van der Waals surface area contributed by atoms with Crippen LogP contribution in [0.25, 0.3) is 6.08 Å². The molecule has 1 aliphatic carbocycles. The second-order valence-corrected chi connectivity index (χ2v) is 10.1. The maximum absolute atomic E-state index is 12.3. The Morgan fingerprint density at radius 3 is 2.47 bits per heavy atom. The van der Waals surface area contributed by atoms with Gasteiger partial charge in [0.2, 0.25) is 0 Å². The van der Waals surface area contributed by atoms with Gasteiger partial charge in [-0.25, -0.2) is 4.79 Å². The molecule has 2 aromatic heterocycles. The van der Waals surface area contributed by atoms with Crippen molar-refractivity contribution >= 4 is 23.6 Å². The van der Waals surface area contributed by atoms with Gasteiger partial charge in [0.1, 0.15) is 0 Å². The molecular formula is C27H34N6O3. The van der Waals surface area contributed by atoms with E-state index in [1.54, 1.807) is 6.07 Å². The Morgan fingerprint density at radius 2 is 1.81 bits per heavy atom. The van der Waals surface area contributed by atoms with Gasteiger partial charge in [-0.15, -0.1) is 10.2 Å². The summed E-state index contributed by atoms with van der Waals surface area (Å²) in [5.74, 6) is 0.608. The molecule has 4 heterocycles. The number of carbonyl (C=O) groups excluding carboxylic acids is 1. The van der Waals surface area contributed by atoms with E-state index in [2.05, 4.69) is 35.9 Å². The SMILES string of the molecule is CCC1=Cc2ncc(CN3CCN(CC4CCN(c5ccc(C(=O)O)nn5)CC4)CC3)cc2CC1=O. The average Bonchev–Trinajstić information content (AvgIpc) is 2.90. The van der Waals surface area contributed by atoms with Gasteiger partial charge < -0.3 is 14.9 Å². The number of nitrogens with zero attached hydrogens (tertiary/aromatic N) is 6. The molecule has 1 N–H and O–H groups in total. The first kappa shape index (κ1) is 24.5. The summed E-state index contributed by atoms with van der Waals surface area (Å²) >= 11 is 0. The molecule has 3 aliphatic rings. The summed E-state index contributed by atoms with van der Waals surface area (Å²) in [6.07, 6.45) is 7.38. The number of fused-ring (bicyclic) bond motifs is 1. The van der Waals surface area contributed by atoms with Gasteiger partial charge >= 0.3 is 5.97 Å². The van der Waals surface area contributed by atoms with Crippen LogP contribution in [0.3, 0.4) is 0 Å². The highest BCUT2D eigenvalue weighted by atomic mass is 16.4. The lowest BCUT2D eigenvalue weighted by Crippen LogP contribution is -2.48. The quantitative estimate of drug-likeness (QED) is 0.627. The number of Topliss-reactive ketones (excluding diaryl/α,β-unsaturated/α-hetero) is 1. The number of rotatable bonds is 7. The van der Waals surface area contributed by atoms with Crippen LogP contribution in [0.5, 0.6) is 0 Å². The molecule has 5 rings (SSSR count). The Hall–Kier alpha value is -3.17. The number of hydrogen-bond acceptors (Lipinski definition) is 8. The molecule has 2 aromatic rings. The number of carboxylic acids is 1. The van der Waals surface area contributed by atoms with E-state index in [0.29, 0.717) is 12.3 Å². The van der Waals surface area contributed by atoms with Crippen molar-refractivity contribution in [3.8, 4) is 0 Å². The third-order valence-corrected chi connectivity index (χ3v) is 7.65. The molecule has 0 unspecified atom stereocenters. The summed E-state index contributed by atoms with van der Waals surface area (Å²) in [6.45, 7) is 10.1. The van der Waals surface area contributed by atoms with E-state index in [4.69, 9.17) is 5.11 Å². The fourth-order valence-corrected chi connectivity index (χ4v) is 5.47. The fourth-order valence-electron chi connectivity index (χ4n) is 5.47. The van der Waals surface area contributed by atoms with Crippen molar-refractivity contribution in [2.75, 3.05) is 50.7 Å². The number of allylic oxidation sites excluding steroid dienone is 1. The summed E-state index contributed by atoms with van der Waals surface area (Å²) in [7, 11) is 0. The molecule has 0 saturated carbocycles. The number of aromatic nitrogens is 3. The molecule has 0 aromatic carbocycles. The van der Waals surface area contributed by atoms with Gasteiger partial charge in [-0.1, -0.05) is 13.0 Å². The number of piperazine rings is 1. The summed E-state index contributed by atoms with van der Waals surface area (Å²) < 4.78 is 0. The van der Waals surface area contributed by atoms with E-state index in [-0.39, 0.29) is 11.5 Å². The number of piperidine rings is 1. The zero-order chi connectivity index (χ0) is 25.1. The minimum atomic E-state index is -1.05. The van der Waals surface area contributed by atoms with Crippen LogP contribution < -0.4 is 4.90 Å². The van der Waals surface area contributed by atoms with Crippen LogP contribution in [0, 0.1) is 5.92 Å². The molecule has 36 heavy (non-hydrogen) atoms. The van der Waals surface area contributed by atoms with Crippen LogP contribution in [-0.4, -0.2) is 87.7 Å². The van der Waals surface area contributed by atoms with Crippen molar-refractivity contribution in [3.05, 3.63) is 52.5 Å². The molecule has 9 heteroatoms. The van der Waals surface area contributed by atoms with E-state index >= 15 is 0 Å². The largest absolute Gasteiger partial charge is 0.476 e. The van der Waals surface area contributed by atoms with E-state index in [1.165, 1.54) is 11.6 Å². The van der Waals surface area contributed by atoms with Gasteiger partial charge in [-0.3, -0.25) is 14.7 Å². The van der Waals surface area contributed by atoms with Gasteiger partial charge in [-0.2, -0.15) is 0 Å². The highest BCUT2D eigenvalue weighted by molar-refractivity contribution is 6.03. The van der Waals surface area contributed by atoms with Crippen LogP contribution in [0.4, 0.5) is 5.82 Å². The van der Waals surface area contributed by atoms with E-state index < -0.39 is 5.97 Å². The Labute approximate surface area is 211 Å². The van der Waals surface area contributed by atoms with Gasteiger partial charge in [0.15, 0.2) is 17.3 Å². The van der Waals surface area contributed by atoms with Gasteiger partial charge in [0.25, 0.3) is 0 Å². The summed E-state index contributed by atoms with van der Waals surface area (Å²) in [6, 6.07) is 5.45. The number of pyridine rings is 1. The number of carbonyl (C=O) groups is 2. The minimum Gasteiger partial charge on any atom is -0.476 e. The molecule has 0 amide bonds. The highest BCUT2D eigenvalue weighted by Gasteiger charge is 2.25. The van der Waals surface area contributed by atoms with Crippen LogP contribution in [0.2, 0.25) is 0 Å². The van der Waals surface area contributed by atoms with Gasteiger partial charge in [-0.05, 0) is 60.1 Å². The monoisotopic (exact) mass is 490 g/mol. The molecule has 0 spiro atoms. The van der Waals surface area contributed by atoms with E-state index in [1.807, 2.05) is 19.2 Å². The summed E-state index contributed by atoms with van der Waals surface area (Å²) in [5, 5.41) is 16.9. The first-order valence-corrected chi connectivity index (χ1v) is 13.0. The Kier molecular flexibility index (Phi) is 7.38. The lowest BCUT2D eigenvalue weighted by Gasteiger charge is -2.39. The molecular weight excluding hydrogens is 456 g/mol. The van der Waals surface area contributed by atoms with Crippen LogP contribution in [0.15, 0.2) is 30.0 Å². The summed E-state index contributed by atoms with van der Waals surface area (Å²) in [5.41, 5.74) is 4.06. The van der Waals surface area contributed by atoms with Gasteiger partial charge in [0.05, 0.1) is 5.69 Å². The van der Waals surface area contributed by atoms with Crippen molar-refractivity contribution in [1.29, 1.82) is 0 Å². The predicted octanol–water partition coefficient (Wildman–Crippen LogP) is 2.52. The average molecular weight is 491 g/mol. The number of anilines is 1. The Bertz CT molecular complexity index is 1130. The van der Waals surface area contributed by atoms with E-state index in [0.717, 1.165) is 94.3 Å². The molecule has 0 atom stereocenters. The summed E-state index contributed by atoms with van der Waals surface area (Å²) in [4.78, 5) is 35.2. The smallest absolute Gasteiger partial charge is 0.356 e. The zero-order valence-corrected chi connectivity index (χ0v) is 20.9. The molecule has 2 aliphatic heterocycles. The van der Waals surface area contributed by atoms with Crippen molar-refractivity contribution < 1.29 is 14.7 Å². The number of aromatic carboxylic acids is 1. The standard InChI is InChI=1S/C27H34N6O3/c1-2-21-14-24-22(15-25(21)34)13-20(16-28-24)18-32-11-9-31(10-12-32)17-19-5-7-33(8-6-19)26-4-3-23(27(35)36)29-30-26/h3-4,13-14,16,19H,2,5-12,15,17-18H2,1H3,(H,35,36). The highest BCUT2D eigenvalue weighted by Crippen LogP contribution is 2.25. The zero-order valence-electron chi connectivity index (χ0n) is 20.9. The third kappa shape index (κ3) is 5.63. The molecule has 0 radical (unpaired) electrons. The molecule has 2 saturated heterocycles. The van der Waals surface area contributed by atoms with Crippen LogP contribution in [0.1, 0.15) is 53.5 Å².